The SMILES string of the molecule is C=C(C)C(=C\C)/C=C(\C(C)=O)c1ccc(-c2ccncc2)cc1O. The van der Waals surface area contributed by atoms with Gasteiger partial charge >= 0.3 is 0 Å². The molecule has 0 atom stereocenters. The highest BCUT2D eigenvalue weighted by Gasteiger charge is 2.14. The molecule has 2 aromatic rings. The van der Waals surface area contributed by atoms with Gasteiger partial charge in [0.25, 0.3) is 0 Å². The lowest BCUT2D eigenvalue weighted by atomic mass is 9.94. The first-order valence-corrected chi connectivity index (χ1v) is 7.72. The molecule has 2 rings (SSSR count). The zero-order chi connectivity index (χ0) is 17.7. The molecule has 0 aliphatic carbocycles. The summed E-state index contributed by atoms with van der Waals surface area (Å²) in [6, 6.07) is 9.06. The van der Waals surface area contributed by atoms with E-state index in [-0.39, 0.29) is 11.5 Å². The fraction of sp³-hybridized carbons (Fsp3) is 0.143. The number of allylic oxidation sites excluding steroid dienone is 5. The van der Waals surface area contributed by atoms with Crippen LogP contribution in [0.5, 0.6) is 5.75 Å². The van der Waals surface area contributed by atoms with E-state index in [9.17, 15) is 9.90 Å². The molecule has 0 saturated carbocycles. The zero-order valence-electron chi connectivity index (χ0n) is 14.2. The van der Waals surface area contributed by atoms with Crippen molar-refractivity contribution in [3.05, 3.63) is 78.2 Å². The van der Waals surface area contributed by atoms with Crippen LogP contribution in [0.1, 0.15) is 26.3 Å². The number of hydrogen-bond acceptors (Lipinski definition) is 3. The lowest BCUT2D eigenvalue weighted by Crippen LogP contribution is -1.98. The highest BCUT2D eigenvalue weighted by Crippen LogP contribution is 2.32. The number of ketones is 1. The van der Waals surface area contributed by atoms with Gasteiger partial charge in [0, 0.05) is 23.5 Å². The maximum atomic E-state index is 12.1. The number of hydrogen-bond donors (Lipinski definition) is 1. The highest BCUT2D eigenvalue weighted by molar-refractivity contribution is 6.21. The van der Waals surface area contributed by atoms with E-state index in [1.54, 1.807) is 30.6 Å². The van der Waals surface area contributed by atoms with Gasteiger partial charge in [0.2, 0.25) is 0 Å². The van der Waals surface area contributed by atoms with E-state index in [0.717, 1.165) is 22.3 Å². The normalized spacial score (nSPS) is 12.1. The number of Topliss-reactive ketones (excluding diaryl/α,β-unsaturated/α-hetero) is 1. The van der Waals surface area contributed by atoms with Gasteiger partial charge in [0.15, 0.2) is 5.78 Å². The van der Waals surface area contributed by atoms with E-state index in [4.69, 9.17) is 0 Å². The fourth-order valence-electron chi connectivity index (χ4n) is 2.46. The summed E-state index contributed by atoms with van der Waals surface area (Å²) in [4.78, 5) is 16.1. The molecule has 0 spiro atoms. The highest BCUT2D eigenvalue weighted by atomic mass is 16.3. The van der Waals surface area contributed by atoms with Gasteiger partial charge in [0.05, 0.1) is 0 Å². The molecule has 122 valence electrons. The Balaban J connectivity index is 2.52. The van der Waals surface area contributed by atoms with Crippen LogP contribution in [0, 0.1) is 0 Å². The molecule has 0 saturated heterocycles. The molecule has 3 nitrogen and oxygen atoms in total. The van der Waals surface area contributed by atoms with Crippen LogP contribution in [0.3, 0.4) is 0 Å². The third-order valence-electron chi connectivity index (χ3n) is 3.78. The van der Waals surface area contributed by atoms with Gasteiger partial charge in [-0.3, -0.25) is 9.78 Å². The van der Waals surface area contributed by atoms with Gasteiger partial charge in [0.1, 0.15) is 5.75 Å². The summed E-state index contributed by atoms with van der Waals surface area (Å²) in [7, 11) is 0. The van der Waals surface area contributed by atoms with Gasteiger partial charge in [-0.15, -0.1) is 0 Å². The maximum absolute atomic E-state index is 12.1. The van der Waals surface area contributed by atoms with Crippen LogP contribution in [0.2, 0.25) is 0 Å². The summed E-state index contributed by atoms with van der Waals surface area (Å²) in [5.41, 5.74) is 4.54. The minimum absolute atomic E-state index is 0.0722. The van der Waals surface area contributed by atoms with Crippen molar-refractivity contribution in [3.8, 4) is 16.9 Å². The minimum Gasteiger partial charge on any atom is -0.507 e. The first-order valence-electron chi connectivity index (χ1n) is 7.72. The monoisotopic (exact) mass is 319 g/mol. The van der Waals surface area contributed by atoms with Crippen molar-refractivity contribution >= 4 is 11.4 Å². The average Bonchev–Trinajstić information content (AvgIpc) is 2.56. The van der Waals surface area contributed by atoms with Crippen molar-refractivity contribution in [1.29, 1.82) is 0 Å². The van der Waals surface area contributed by atoms with Gasteiger partial charge in [-0.05, 0) is 67.8 Å². The molecule has 0 fully saturated rings. The molecule has 0 bridgehead atoms. The first kappa shape index (κ1) is 17.4. The molecule has 0 radical (unpaired) electrons. The Labute approximate surface area is 142 Å². The van der Waals surface area contributed by atoms with Crippen LogP contribution in [0.4, 0.5) is 0 Å². The van der Waals surface area contributed by atoms with Gasteiger partial charge in [-0.25, -0.2) is 0 Å². The Morgan fingerprint density at radius 3 is 2.29 bits per heavy atom. The van der Waals surface area contributed by atoms with E-state index >= 15 is 0 Å². The molecular formula is C21H21NO2. The average molecular weight is 319 g/mol. The molecule has 0 aliphatic heterocycles. The van der Waals surface area contributed by atoms with Crippen molar-refractivity contribution in [2.75, 3.05) is 0 Å². The maximum Gasteiger partial charge on any atom is 0.160 e. The Hall–Kier alpha value is -2.94. The fourth-order valence-corrected chi connectivity index (χ4v) is 2.46. The van der Waals surface area contributed by atoms with Crippen LogP contribution in [-0.4, -0.2) is 15.9 Å². The van der Waals surface area contributed by atoms with Gasteiger partial charge < -0.3 is 5.11 Å². The lowest BCUT2D eigenvalue weighted by molar-refractivity contribution is -0.111. The summed E-state index contributed by atoms with van der Waals surface area (Å²) < 4.78 is 0. The summed E-state index contributed by atoms with van der Waals surface area (Å²) in [6.07, 6.45) is 7.07. The van der Waals surface area contributed by atoms with Crippen molar-refractivity contribution in [2.24, 2.45) is 0 Å². The lowest BCUT2D eigenvalue weighted by Gasteiger charge is -2.11. The van der Waals surface area contributed by atoms with Gasteiger partial charge in [-0.2, -0.15) is 0 Å². The van der Waals surface area contributed by atoms with Crippen molar-refractivity contribution in [3.63, 3.8) is 0 Å². The minimum atomic E-state index is -0.109. The number of phenolic OH excluding ortho intramolecular Hbond substituents is 1. The Morgan fingerprint density at radius 2 is 1.79 bits per heavy atom. The number of pyridine rings is 1. The smallest absolute Gasteiger partial charge is 0.160 e. The van der Waals surface area contributed by atoms with Crippen LogP contribution in [-0.2, 0) is 4.79 Å². The number of carbonyl (C=O) groups excluding carboxylic acids is 1. The third-order valence-corrected chi connectivity index (χ3v) is 3.78. The Bertz CT molecular complexity index is 830. The van der Waals surface area contributed by atoms with E-state index < -0.39 is 0 Å². The molecule has 1 aromatic heterocycles. The number of aromatic hydroxyl groups is 1. The summed E-state index contributed by atoms with van der Waals surface area (Å²) >= 11 is 0. The number of carbonyl (C=O) groups is 1. The van der Waals surface area contributed by atoms with Crippen LogP contribution in [0.15, 0.2) is 72.6 Å². The largest absolute Gasteiger partial charge is 0.507 e. The molecule has 1 aromatic carbocycles. The van der Waals surface area contributed by atoms with E-state index in [2.05, 4.69) is 11.6 Å². The Kier molecular flexibility index (Phi) is 5.48. The third kappa shape index (κ3) is 3.87. The van der Waals surface area contributed by atoms with Crippen LogP contribution >= 0.6 is 0 Å². The zero-order valence-corrected chi connectivity index (χ0v) is 14.2. The molecule has 3 heteroatoms. The van der Waals surface area contributed by atoms with Crippen molar-refractivity contribution in [2.45, 2.75) is 20.8 Å². The molecule has 1 N–H and O–H groups in total. The Morgan fingerprint density at radius 1 is 1.12 bits per heavy atom. The molecule has 0 aliphatic rings. The van der Waals surface area contributed by atoms with Crippen molar-refractivity contribution < 1.29 is 9.90 Å². The van der Waals surface area contributed by atoms with Crippen LogP contribution < -0.4 is 0 Å². The summed E-state index contributed by atoms with van der Waals surface area (Å²) in [5, 5.41) is 10.4. The molecule has 0 amide bonds. The quantitative estimate of drug-likeness (QED) is 0.626. The number of aromatic nitrogens is 1. The number of nitrogens with zero attached hydrogens (tertiary/aromatic N) is 1. The number of rotatable bonds is 5. The topological polar surface area (TPSA) is 50.2 Å². The molecule has 1 heterocycles. The molecule has 24 heavy (non-hydrogen) atoms. The standard InChI is InChI=1S/C21H21NO2/c1-5-16(14(2)3)12-20(15(4)23)19-7-6-18(13-21(19)24)17-8-10-22-11-9-17/h5-13,24H,2H2,1,3-4H3/b16-5-,20-12+. The predicted octanol–water partition coefficient (Wildman–Crippen LogP) is 4.95. The summed E-state index contributed by atoms with van der Waals surface area (Å²) in [5.74, 6) is -0.0366. The van der Waals surface area contributed by atoms with Gasteiger partial charge in [-0.1, -0.05) is 24.3 Å². The second kappa shape index (κ2) is 7.55. The molecular weight excluding hydrogens is 298 g/mol. The molecule has 0 unspecified atom stereocenters. The van der Waals surface area contributed by atoms with E-state index in [0.29, 0.717) is 11.1 Å². The second-order valence-electron chi connectivity index (χ2n) is 5.61. The van der Waals surface area contributed by atoms with E-state index in [1.165, 1.54) is 6.92 Å². The van der Waals surface area contributed by atoms with Crippen molar-refractivity contribution in [1.82, 2.24) is 4.98 Å². The van der Waals surface area contributed by atoms with Crippen LogP contribution in [0.25, 0.3) is 16.7 Å². The van der Waals surface area contributed by atoms with E-state index in [1.807, 2.05) is 38.1 Å². The number of benzene rings is 1. The second-order valence-corrected chi connectivity index (χ2v) is 5.61. The summed E-state index contributed by atoms with van der Waals surface area (Å²) in [6.45, 7) is 9.19. The predicted molar refractivity (Wildman–Crippen MR) is 98.6 cm³/mol. The number of phenols is 1. The first-order chi connectivity index (χ1) is 11.4.